The van der Waals surface area contributed by atoms with Crippen molar-refractivity contribution in [2.24, 2.45) is 7.05 Å². The molecular formula is C18H14F10N4O2. The Morgan fingerprint density at radius 2 is 1.62 bits per heavy atom. The number of rotatable bonds is 5. The lowest BCUT2D eigenvalue weighted by Gasteiger charge is -2.22. The monoisotopic (exact) mass is 508 g/mol. The highest BCUT2D eigenvalue weighted by molar-refractivity contribution is 6.06. The average molecular weight is 508 g/mol. The number of aromatic nitrogens is 2. The summed E-state index contributed by atoms with van der Waals surface area (Å²) >= 11 is 0. The molecule has 0 saturated carbocycles. The van der Waals surface area contributed by atoms with Crippen molar-refractivity contribution in [2.75, 3.05) is 11.9 Å². The van der Waals surface area contributed by atoms with Crippen LogP contribution in [0.2, 0.25) is 0 Å². The van der Waals surface area contributed by atoms with Crippen molar-refractivity contribution in [3.63, 3.8) is 0 Å². The van der Waals surface area contributed by atoms with Gasteiger partial charge in [0.1, 0.15) is 17.1 Å². The summed E-state index contributed by atoms with van der Waals surface area (Å²) in [7, 11) is 1.19. The zero-order chi connectivity index (χ0) is 26.4. The molecule has 2 amide bonds. The molecule has 34 heavy (non-hydrogen) atoms. The van der Waals surface area contributed by atoms with E-state index in [9.17, 15) is 53.5 Å². The maximum atomic E-state index is 14.8. The quantitative estimate of drug-likeness (QED) is 0.614. The fourth-order valence-corrected chi connectivity index (χ4v) is 2.88. The fourth-order valence-electron chi connectivity index (χ4n) is 2.88. The number of hydrogen-bond acceptors (Lipinski definition) is 3. The molecule has 0 atom stereocenters. The van der Waals surface area contributed by atoms with Crippen LogP contribution in [0.15, 0.2) is 12.1 Å². The van der Waals surface area contributed by atoms with Gasteiger partial charge in [-0.1, -0.05) is 0 Å². The van der Waals surface area contributed by atoms with Crippen molar-refractivity contribution in [3.05, 3.63) is 46.3 Å². The molecule has 188 valence electrons. The zero-order valence-corrected chi connectivity index (χ0v) is 17.3. The number of anilines is 1. The molecule has 6 nitrogen and oxygen atoms in total. The van der Waals surface area contributed by atoms with E-state index in [0.717, 1.165) is 6.92 Å². The highest BCUT2D eigenvalue weighted by Crippen LogP contribution is 2.48. The summed E-state index contributed by atoms with van der Waals surface area (Å²) in [6.45, 7) is 0.301. The van der Waals surface area contributed by atoms with Crippen LogP contribution in [0.5, 0.6) is 0 Å². The summed E-state index contributed by atoms with van der Waals surface area (Å²) in [6.07, 6.45) is -12.4. The summed E-state index contributed by atoms with van der Waals surface area (Å²) in [5.41, 5.74) is -8.84. The first kappa shape index (κ1) is 26.9. The Balaban J connectivity index is 2.67. The summed E-state index contributed by atoms with van der Waals surface area (Å²) in [5, 5.41) is 4.66. The van der Waals surface area contributed by atoms with Crippen LogP contribution < -0.4 is 10.2 Å². The minimum Gasteiger partial charge on any atom is -0.352 e. The number of benzene rings is 1. The van der Waals surface area contributed by atoms with E-state index in [4.69, 9.17) is 0 Å². The number of halogens is 10. The van der Waals surface area contributed by atoms with Crippen molar-refractivity contribution < 1.29 is 53.5 Å². The summed E-state index contributed by atoms with van der Waals surface area (Å²) in [4.78, 5) is 23.9. The predicted octanol–water partition coefficient (Wildman–Crippen LogP) is 4.28. The van der Waals surface area contributed by atoms with Crippen LogP contribution in [0.25, 0.3) is 0 Å². The first-order chi connectivity index (χ1) is 15.3. The Morgan fingerprint density at radius 1 is 1.06 bits per heavy atom. The molecule has 0 aliphatic rings. The van der Waals surface area contributed by atoms with E-state index >= 15 is 0 Å². The van der Waals surface area contributed by atoms with Crippen LogP contribution in [-0.2, 0) is 30.5 Å². The molecule has 0 bridgehead atoms. The molecule has 0 unspecified atom stereocenters. The predicted molar refractivity (Wildman–Crippen MR) is 94.8 cm³/mol. The van der Waals surface area contributed by atoms with Gasteiger partial charge in [-0.15, -0.1) is 0 Å². The Hall–Kier alpha value is -3.33. The van der Waals surface area contributed by atoms with Crippen LogP contribution in [0.3, 0.4) is 0 Å². The number of nitrogens with one attached hydrogen (secondary N) is 1. The molecule has 0 spiro atoms. The minimum absolute atomic E-state index is 0.143. The van der Waals surface area contributed by atoms with E-state index in [1.165, 1.54) is 0 Å². The van der Waals surface area contributed by atoms with Gasteiger partial charge in [0.05, 0.1) is 5.69 Å². The Labute approximate surface area is 184 Å². The molecule has 0 saturated heterocycles. The van der Waals surface area contributed by atoms with E-state index in [1.807, 2.05) is 0 Å². The van der Waals surface area contributed by atoms with Gasteiger partial charge in [0.25, 0.3) is 5.91 Å². The first-order valence-electron chi connectivity index (χ1n) is 8.90. The van der Waals surface area contributed by atoms with Crippen LogP contribution in [0.1, 0.15) is 34.2 Å². The highest BCUT2D eigenvalue weighted by atomic mass is 19.4. The Kier molecular flexibility index (Phi) is 6.96. The third kappa shape index (κ3) is 4.79. The van der Waals surface area contributed by atoms with E-state index in [-0.39, 0.29) is 9.58 Å². The zero-order valence-electron chi connectivity index (χ0n) is 17.3. The smallest absolute Gasteiger partial charge is 0.352 e. The molecule has 1 aromatic carbocycles. The summed E-state index contributed by atoms with van der Waals surface area (Å²) in [6, 6.07) is 1.23. The third-order valence-corrected chi connectivity index (χ3v) is 4.53. The lowest BCUT2D eigenvalue weighted by molar-refractivity contribution is -0.292. The minimum atomic E-state index is -6.48. The fraction of sp³-hybridized carbons (Fsp3) is 0.389. The van der Waals surface area contributed by atoms with Crippen molar-refractivity contribution in [3.8, 4) is 0 Å². The van der Waals surface area contributed by atoms with E-state index in [0.29, 0.717) is 26.2 Å². The lowest BCUT2D eigenvalue weighted by Crippen LogP contribution is -2.36. The van der Waals surface area contributed by atoms with Gasteiger partial charge in [-0.05, 0) is 12.1 Å². The molecule has 0 radical (unpaired) electrons. The second-order valence-corrected chi connectivity index (χ2v) is 6.90. The van der Waals surface area contributed by atoms with Gasteiger partial charge in [0.15, 0.2) is 11.5 Å². The topological polar surface area (TPSA) is 67.2 Å². The van der Waals surface area contributed by atoms with Gasteiger partial charge in [-0.3, -0.25) is 14.3 Å². The van der Waals surface area contributed by atoms with Crippen LogP contribution >= 0.6 is 0 Å². The number of hydrogen-bond donors (Lipinski definition) is 1. The molecule has 0 aliphatic carbocycles. The van der Waals surface area contributed by atoms with Crippen LogP contribution in [-0.4, -0.2) is 34.8 Å². The van der Waals surface area contributed by atoms with Gasteiger partial charge < -0.3 is 10.2 Å². The van der Waals surface area contributed by atoms with Crippen molar-refractivity contribution in [2.45, 2.75) is 31.7 Å². The van der Waals surface area contributed by atoms with Gasteiger partial charge in [0.2, 0.25) is 5.91 Å². The van der Waals surface area contributed by atoms with E-state index in [1.54, 1.807) is 0 Å². The molecule has 0 fully saturated rings. The van der Waals surface area contributed by atoms with Crippen molar-refractivity contribution >= 4 is 17.5 Å². The molecular weight excluding hydrogens is 494 g/mol. The van der Waals surface area contributed by atoms with Gasteiger partial charge in [-0.2, -0.15) is 40.2 Å². The molecule has 1 N–H and O–H groups in total. The normalized spacial score (nSPS) is 12.6. The maximum absolute atomic E-state index is 14.8. The number of alkyl halides is 8. The van der Waals surface area contributed by atoms with Gasteiger partial charge >= 0.3 is 18.3 Å². The second-order valence-electron chi connectivity index (χ2n) is 6.90. The Morgan fingerprint density at radius 3 is 2.09 bits per heavy atom. The molecule has 16 heteroatoms. The summed E-state index contributed by atoms with van der Waals surface area (Å²) < 4.78 is 135. The largest absolute Gasteiger partial charge is 0.459 e. The van der Waals surface area contributed by atoms with Gasteiger partial charge in [0, 0.05) is 33.1 Å². The summed E-state index contributed by atoms with van der Waals surface area (Å²) in [5.74, 6) is -11.3. The molecule has 1 aromatic heterocycles. The van der Waals surface area contributed by atoms with Crippen molar-refractivity contribution in [1.29, 1.82) is 0 Å². The molecule has 2 rings (SSSR count). The van der Waals surface area contributed by atoms with Crippen molar-refractivity contribution in [1.82, 2.24) is 15.1 Å². The van der Waals surface area contributed by atoms with E-state index in [2.05, 4.69) is 10.4 Å². The standard InChI is InChI=1S/C18H14F10N4O2/c1-7(33)29-6-8-9(19)4-5-10(12(8)20)31(2)15(34)13-11(17(23,24)25)14(30-32(13)3)16(21,22)18(26,27)28/h4-5H,6H2,1-3H3,(H,29,33). The first-order valence-corrected chi connectivity index (χ1v) is 8.90. The molecule has 2 aromatic rings. The maximum Gasteiger partial charge on any atom is 0.459 e. The number of nitrogens with zero attached hydrogens (tertiary/aromatic N) is 3. The number of amides is 2. The average Bonchev–Trinajstić information content (AvgIpc) is 3.04. The molecule has 0 aliphatic heterocycles. The number of aryl methyl sites for hydroxylation is 1. The third-order valence-electron chi connectivity index (χ3n) is 4.53. The highest BCUT2D eigenvalue weighted by Gasteiger charge is 2.64. The van der Waals surface area contributed by atoms with Crippen LogP contribution in [0, 0.1) is 11.6 Å². The number of carbonyl (C=O) groups excluding carboxylic acids is 2. The van der Waals surface area contributed by atoms with Gasteiger partial charge in [-0.25, -0.2) is 8.78 Å². The molecule has 1 heterocycles. The number of carbonyl (C=O) groups is 2. The van der Waals surface area contributed by atoms with E-state index < -0.39 is 76.5 Å². The SMILES string of the molecule is CC(=O)NCc1c(F)ccc(N(C)C(=O)c2c(C(F)(F)F)c(C(F)(F)C(F)(F)F)nn2C)c1F. The Bertz CT molecular complexity index is 1120. The lowest BCUT2D eigenvalue weighted by atomic mass is 10.1. The van der Waals surface area contributed by atoms with Crippen LogP contribution in [0.4, 0.5) is 49.6 Å². The second kappa shape index (κ2) is 8.79.